The molecule has 5 rings (SSSR count). The van der Waals surface area contributed by atoms with Crippen molar-refractivity contribution in [3.63, 3.8) is 0 Å². The molecule has 1 heterocycles. The van der Waals surface area contributed by atoms with Gasteiger partial charge in [-0.1, -0.05) is 6.58 Å². The fourth-order valence-corrected chi connectivity index (χ4v) is 5.79. The monoisotopic (exact) mass is 288 g/mol. The molecule has 4 bridgehead atoms. The van der Waals surface area contributed by atoms with Gasteiger partial charge >= 0.3 is 0 Å². The summed E-state index contributed by atoms with van der Waals surface area (Å²) in [5.41, 5.74) is 2.71. The smallest absolute Gasteiger partial charge is 0.0490 e. The van der Waals surface area contributed by atoms with E-state index in [1.165, 1.54) is 44.2 Å². The summed E-state index contributed by atoms with van der Waals surface area (Å²) in [6, 6.07) is 2.11. The molecule has 0 spiro atoms. The predicted molar refractivity (Wildman–Crippen MR) is 86.0 cm³/mol. The molecule has 3 heteroatoms. The van der Waals surface area contributed by atoms with Gasteiger partial charge in [-0.3, -0.25) is 0 Å². The van der Waals surface area contributed by atoms with E-state index in [9.17, 15) is 0 Å². The molecular formula is C17H24N2S. The second-order valence-corrected chi connectivity index (χ2v) is 8.07. The van der Waals surface area contributed by atoms with Crippen molar-refractivity contribution in [3.8, 4) is 0 Å². The van der Waals surface area contributed by atoms with Crippen molar-refractivity contribution in [3.05, 3.63) is 29.1 Å². The highest BCUT2D eigenvalue weighted by Gasteiger charge is 2.50. The topological polar surface area (TPSA) is 24.1 Å². The first-order valence-corrected chi connectivity index (χ1v) is 8.87. The summed E-state index contributed by atoms with van der Waals surface area (Å²) in [6.45, 7) is 5.08. The van der Waals surface area contributed by atoms with E-state index in [2.05, 4.69) is 34.0 Å². The van der Waals surface area contributed by atoms with Gasteiger partial charge in [-0.25, -0.2) is 0 Å². The van der Waals surface area contributed by atoms with Gasteiger partial charge in [0.1, 0.15) is 0 Å². The molecule has 4 saturated carbocycles. The predicted octanol–water partition coefficient (Wildman–Crippen LogP) is 4.23. The van der Waals surface area contributed by atoms with E-state index < -0.39 is 0 Å². The molecule has 0 saturated heterocycles. The molecule has 1 aromatic heterocycles. The van der Waals surface area contributed by atoms with Crippen molar-refractivity contribution in [2.45, 2.75) is 44.1 Å². The minimum atomic E-state index is 0.439. The van der Waals surface area contributed by atoms with E-state index in [1.807, 2.05) is 0 Å². The molecule has 108 valence electrons. The number of nitrogens with one attached hydrogen (secondary N) is 2. The maximum atomic E-state index is 4.18. The number of rotatable bonds is 5. The zero-order chi connectivity index (χ0) is 13.6. The average Bonchev–Trinajstić information content (AvgIpc) is 2.88. The molecule has 2 nitrogen and oxygen atoms in total. The lowest BCUT2D eigenvalue weighted by molar-refractivity contribution is -0.0181. The molecule has 1 aromatic rings. The molecule has 20 heavy (non-hydrogen) atoms. The molecule has 4 aliphatic rings. The van der Waals surface area contributed by atoms with Crippen molar-refractivity contribution in [1.82, 2.24) is 5.32 Å². The van der Waals surface area contributed by atoms with Gasteiger partial charge in [-0.15, -0.1) is 0 Å². The van der Waals surface area contributed by atoms with Gasteiger partial charge < -0.3 is 10.6 Å². The molecule has 4 fully saturated rings. The summed E-state index contributed by atoms with van der Waals surface area (Å²) >= 11 is 1.72. The molecule has 2 N–H and O–H groups in total. The Kier molecular flexibility index (Phi) is 3.15. The van der Waals surface area contributed by atoms with Crippen LogP contribution in [0.3, 0.4) is 0 Å². The van der Waals surface area contributed by atoms with Crippen LogP contribution in [0.1, 0.15) is 38.5 Å². The van der Waals surface area contributed by atoms with Crippen LogP contribution in [0, 0.1) is 17.8 Å². The summed E-state index contributed by atoms with van der Waals surface area (Å²) in [5, 5.41) is 11.5. The van der Waals surface area contributed by atoms with Gasteiger partial charge in [0.05, 0.1) is 0 Å². The fourth-order valence-electron chi connectivity index (χ4n) is 5.21. The molecule has 0 amide bonds. The largest absolute Gasteiger partial charge is 0.358 e. The van der Waals surface area contributed by atoms with E-state index in [0.717, 1.165) is 30.0 Å². The van der Waals surface area contributed by atoms with E-state index >= 15 is 0 Å². The van der Waals surface area contributed by atoms with Gasteiger partial charge in [0, 0.05) is 28.8 Å². The quantitative estimate of drug-likeness (QED) is 0.847. The molecule has 0 radical (unpaired) electrons. The first-order valence-electron chi connectivity index (χ1n) is 7.93. The Morgan fingerprint density at radius 2 is 1.85 bits per heavy atom. The van der Waals surface area contributed by atoms with Gasteiger partial charge in [0.25, 0.3) is 0 Å². The van der Waals surface area contributed by atoms with E-state index in [0.29, 0.717) is 5.54 Å². The third-order valence-electron chi connectivity index (χ3n) is 5.56. The number of hydrogen-bond acceptors (Lipinski definition) is 3. The van der Waals surface area contributed by atoms with Crippen molar-refractivity contribution in [2.75, 3.05) is 11.9 Å². The van der Waals surface area contributed by atoms with Crippen molar-refractivity contribution in [1.29, 1.82) is 0 Å². The number of anilines is 1. The molecule has 0 atom stereocenters. The van der Waals surface area contributed by atoms with Crippen LogP contribution in [0.15, 0.2) is 29.1 Å². The first kappa shape index (κ1) is 12.9. The summed E-state index contributed by atoms with van der Waals surface area (Å²) in [5.74, 6) is 3.02. The Balaban J connectivity index is 1.36. The van der Waals surface area contributed by atoms with Crippen LogP contribution in [0.5, 0.6) is 0 Å². The molecule has 0 aromatic carbocycles. The third-order valence-corrected chi connectivity index (χ3v) is 6.24. The fraction of sp³-hybridized carbons (Fsp3) is 0.647. The Hall–Kier alpha value is -0.800. The zero-order valence-corrected chi connectivity index (χ0v) is 12.8. The summed E-state index contributed by atoms with van der Waals surface area (Å²) in [7, 11) is 0. The third kappa shape index (κ3) is 2.42. The molecule has 0 unspecified atom stereocenters. The van der Waals surface area contributed by atoms with Crippen LogP contribution in [-0.2, 0) is 0 Å². The van der Waals surface area contributed by atoms with E-state index in [1.54, 1.807) is 11.3 Å². The van der Waals surface area contributed by atoms with Gasteiger partial charge in [0.15, 0.2) is 0 Å². The highest BCUT2D eigenvalue weighted by molar-refractivity contribution is 7.08. The molecule has 0 aliphatic heterocycles. The zero-order valence-electron chi connectivity index (χ0n) is 12.0. The van der Waals surface area contributed by atoms with Gasteiger partial charge in [-0.2, -0.15) is 11.3 Å². The van der Waals surface area contributed by atoms with Crippen molar-refractivity contribution in [2.24, 2.45) is 17.8 Å². The standard InChI is InChI=1S/C17H24N2S/c1-12(19-16-2-3-20-11-16)10-18-17-7-13-4-14(8-17)6-15(5-13)9-17/h2-3,11,13-15,18-19H,1,4-10H2. The van der Waals surface area contributed by atoms with Crippen LogP contribution >= 0.6 is 11.3 Å². The number of hydrogen-bond donors (Lipinski definition) is 2. The van der Waals surface area contributed by atoms with Crippen LogP contribution in [0.25, 0.3) is 0 Å². The summed E-state index contributed by atoms with van der Waals surface area (Å²) < 4.78 is 0. The molecular weight excluding hydrogens is 264 g/mol. The van der Waals surface area contributed by atoms with Gasteiger partial charge in [-0.05, 0) is 67.7 Å². The van der Waals surface area contributed by atoms with Crippen LogP contribution in [0.4, 0.5) is 5.69 Å². The van der Waals surface area contributed by atoms with Crippen molar-refractivity contribution < 1.29 is 0 Å². The van der Waals surface area contributed by atoms with E-state index in [-0.39, 0.29) is 0 Å². The maximum absolute atomic E-state index is 4.18. The Bertz CT molecular complexity index is 456. The SMILES string of the molecule is C=C(CNC12CC3CC(CC(C3)C1)C2)Nc1ccsc1. The minimum Gasteiger partial charge on any atom is -0.358 e. The Morgan fingerprint density at radius 3 is 2.40 bits per heavy atom. The van der Waals surface area contributed by atoms with Crippen LogP contribution < -0.4 is 10.6 Å². The lowest BCUT2D eigenvalue weighted by Gasteiger charge is -2.57. The highest BCUT2D eigenvalue weighted by atomic mass is 32.1. The minimum absolute atomic E-state index is 0.439. The van der Waals surface area contributed by atoms with Gasteiger partial charge in [0.2, 0.25) is 0 Å². The first-order chi connectivity index (χ1) is 9.71. The maximum Gasteiger partial charge on any atom is 0.0490 e. The Morgan fingerprint density at radius 1 is 1.20 bits per heavy atom. The molecule has 4 aliphatic carbocycles. The van der Waals surface area contributed by atoms with E-state index in [4.69, 9.17) is 0 Å². The lowest BCUT2D eigenvalue weighted by atomic mass is 9.53. The normalized spacial score (nSPS) is 38.1. The summed E-state index contributed by atoms with van der Waals surface area (Å²) in [6.07, 6.45) is 8.75. The summed E-state index contributed by atoms with van der Waals surface area (Å²) in [4.78, 5) is 0. The number of thiophene rings is 1. The average molecular weight is 288 g/mol. The second kappa shape index (κ2) is 4.88. The van der Waals surface area contributed by atoms with Crippen molar-refractivity contribution >= 4 is 17.0 Å². The van der Waals surface area contributed by atoms with Crippen LogP contribution in [0.2, 0.25) is 0 Å². The Labute approximate surface area is 125 Å². The van der Waals surface area contributed by atoms with Crippen LogP contribution in [-0.4, -0.2) is 12.1 Å². The lowest BCUT2D eigenvalue weighted by Crippen LogP contribution is -2.58. The highest BCUT2D eigenvalue weighted by Crippen LogP contribution is 2.55. The second-order valence-electron chi connectivity index (χ2n) is 7.29.